The number of hydrogen-bond donors (Lipinski definition) is 3. The van der Waals surface area contributed by atoms with E-state index in [2.05, 4.69) is 30.9 Å². The molecule has 0 spiro atoms. The minimum absolute atomic E-state index is 0.321. The van der Waals surface area contributed by atoms with Gasteiger partial charge in [-0.15, -0.1) is 11.3 Å². The van der Waals surface area contributed by atoms with Gasteiger partial charge in [-0.05, 0) is 18.2 Å². The highest BCUT2D eigenvalue weighted by Gasteiger charge is 2.12. The maximum Gasteiger partial charge on any atom is 0.325 e. The highest BCUT2D eigenvalue weighted by molar-refractivity contribution is 7.15. The number of carbonyl (C=O) groups is 1. The van der Waals surface area contributed by atoms with Crippen LogP contribution in [0.1, 0.15) is 4.88 Å². The number of para-hydroxylation sites is 1. The van der Waals surface area contributed by atoms with Crippen LogP contribution in [-0.2, 0) is 6.42 Å². The topological polar surface area (TPSA) is 105 Å². The first-order valence-corrected chi connectivity index (χ1v) is 11.2. The summed E-state index contributed by atoms with van der Waals surface area (Å²) >= 11 is 1.44. The van der Waals surface area contributed by atoms with Crippen molar-refractivity contribution < 1.29 is 9.21 Å². The number of rotatable bonds is 7. The number of nitrogens with one attached hydrogen (secondary N) is 3. The summed E-state index contributed by atoms with van der Waals surface area (Å²) < 4.78 is 5.90. The molecular weight excluding hydrogens is 436 g/mol. The number of nitrogens with zero attached hydrogens (tertiary/aromatic N) is 3. The Morgan fingerprint density at radius 2 is 1.73 bits per heavy atom. The van der Waals surface area contributed by atoms with Crippen LogP contribution in [0.25, 0.3) is 22.4 Å². The van der Waals surface area contributed by atoms with Gasteiger partial charge >= 0.3 is 6.03 Å². The molecule has 2 amide bonds. The van der Waals surface area contributed by atoms with Crippen molar-refractivity contribution in [2.45, 2.75) is 6.42 Å². The van der Waals surface area contributed by atoms with Crippen molar-refractivity contribution in [3.05, 3.63) is 84.1 Å². The van der Waals surface area contributed by atoms with Crippen LogP contribution in [0.5, 0.6) is 0 Å². The molecule has 164 valence electrons. The molecule has 5 aromatic rings. The number of urea groups is 1. The van der Waals surface area contributed by atoms with E-state index < -0.39 is 0 Å². The number of aromatic nitrogens is 3. The summed E-state index contributed by atoms with van der Waals surface area (Å²) in [6.07, 6.45) is 3.99. The van der Waals surface area contributed by atoms with E-state index in [1.54, 1.807) is 6.20 Å². The molecule has 3 heterocycles. The Morgan fingerprint density at radius 3 is 2.55 bits per heavy atom. The number of furan rings is 1. The SMILES string of the molecule is O=C(Nc1ccccc1)Nc1ncc(CCNc2ncnc3oc(-c4ccccc4)cc23)s1. The summed E-state index contributed by atoms with van der Waals surface area (Å²) in [4.78, 5) is 26.1. The summed E-state index contributed by atoms with van der Waals surface area (Å²) in [7, 11) is 0. The van der Waals surface area contributed by atoms with Gasteiger partial charge < -0.3 is 15.1 Å². The van der Waals surface area contributed by atoms with Gasteiger partial charge in [-0.1, -0.05) is 48.5 Å². The van der Waals surface area contributed by atoms with Crippen LogP contribution < -0.4 is 16.0 Å². The summed E-state index contributed by atoms with van der Waals surface area (Å²) in [5, 5.41) is 10.3. The molecule has 0 fully saturated rings. The molecule has 2 aromatic carbocycles. The highest BCUT2D eigenvalue weighted by atomic mass is 32.1. The average molecular weight is 457 g/mol. The van der Waals surface area contributed by atoms with Crippen LogP contribution in [-0.4, -0.2) is 27.5 Å². The molecule has 0 radical (unpaired) electrons. The lowest BCUT2D eigenvalue weighted by Crippen LogP contribution is -2.19. The lowest BCUT2D eigenvalue weighted by Gasteiger charge is -2.05. The van der Waals surface area contributed by atoms with E-state index in [-0.39, 0.29) is 6.03 Å². The molecule has 8 nitrogen and oxygen atoms in total. The van der Waals surface area contributed by atoms with Gasteiger partial charge in [0.05, 0.1) is 5.39 Å². The van der Waals surface area contributed by atoms with Gasteiger partial charge in [0.15, 0.2) is 5.13 Å². The van der Waals surface area contributed by atoms with Gasteiger partial charge in [0.25, 0.3) is 0 Å². The maximum atomic E-state index is 12.1. The third kappa shape index (κ3) is 4.99. The van der Waals surface area contributed by atoms with Gasteiger partial charge in [0.2, 0.25) is 5.71 Å². The predicted molar refractivity (Wildman–Crippen MR) is 131 cm³/mol. The predicted octanol–water partition coefficient (Wildman–Crippen LogP) is 5.64. The molecule has 3 aromatic heterocycles. The fourth-order valence-electron chi connectivity index (χ4n) is 3.31. The molecule has 3 N–H and O–H groups in total. The van der Waals surface area contributed by atoms with Crippen LogP contribution in [0.4, 0.5) is 21.4 Å². The van der Waals surface area contributed by atoms with Gasteiger partial charge in [0.1, 0.15) is 17.9 Å². The Hall–Kier alpha value is -4.24. The van der Waals surface area contributed by atoms with E-state index in [9.17, 15) is 4.79 Å². The first kappa shape index (κ1) is 20.7. The standard InChI is InChI=1S/C24H20N6O2S/c31-23(29-17-9-5-2-6-10-17)30-24-26-14-18(33-24)11-12-25-21-19-13-20(16-7-3-1-4-8-16)32-22(19)28-15-27-21/h1-10,13-15H,11-12H2,(H,25,27,28)(H2,26,29,30,31). The zero-order valence-corrected chi connectivity index (χ0v) is 18.3. The fourth-order valence-corrected chi connectivity index (χ4v) is 4.11. The number of thiazole rings is 1. The molecule has 0 aliphatic carbocycles. The van der Waals surface area contributed by atoms with Crippen molar-refractivity contribution in [3.63, 3.8) is 0 Å². The maximum absolute atomic E-state index is 12.1. The molecule has 9 heteroatoms. The largest absolute Gasteiger partial charge is 0.438 e. The average Bonchev–Trinajstić information content (AvgIpc) is 3.48. The van der Waals surface area contributed by atoms with Crippen LogP contribution in [0.3, 0.4) is 0 Å². The zero-order valence-electron chi connectivity index (χ0n) is 17.5. The molecule has 0 saturated carbocycles. The molecule has 0 atom stereocenters. The van der Waals surface area contributed by atoms with Crippen molar-refractivity contribution in [3.8, 4) is 11.3 Å². The lowest BCUT2D eigenvalue weighted by atomic mass is 10.2. The first-order valence-electron chi connectivity index (χ1n) is 10.4. The highest BCUT2D eigenvalue weighted by Crippen LogP contribution is 2.29. The smallest absolute Gasteiger partial charge is 0.325 e. The molecular formula is C24H20N6O2S. The quantitative estimate of drug-likeness (QED) is 0.292. The Kier molecular flexibility index (Phi) is 5.94. The molecule has 0 aliphatic heterocycles. The van der Waals surface area contributed by atoms with Gasteiger partial charge in [-0.2, -0.15) is 0 Å². The second-order valence-corrected chi connectivity index (χ2v) is 8.29. The van der Waals surface area contributed by atoms with E-state index in [1.807, 2.05) is 66.7 Å². The van der Waals surface area contributed by atoms with E-state index in [4.69, 9.17) is 4.42 Å². The lowest BCUT2D eigenvalue weighted by molar-refractivity contribution is 0.262. The molecule has 0 bridgehead atoms. The molecule has 33 heavy (non-hydrogen) atoms. The van der Waals surface area contributed by atoms with Gasteiger partial charge in [0, 0.05) is 35.3 Å². The van der Waals surface area contributed by atoms with Crippen LogP contribution in [0, 0.1) is 0 Å². The van der Waals surface area contributed by atoms with Gasteiger partial charge in [-0.3, -0.25) is 5.32 Å². The van der Waals surface area contributed by atoms with Crippen LogP contribution in [0.2, 0.25) is 0 Å². The Bertz CT molecular complexity index is 1370. The van der Waals surface area contributed by atoms with Crippen LogP contribution in [0.15, 0.2) is 83.7 Å². The Morgan fingerprint density at radius 1 is 0.939 bits per heavy atom. The van der Waals surface area contributed by atoms with E-state index in [1.165, 1.54) is 17.7 Å². The number of amides is 2. The number of carbonyl (C=O) groups excluding carboxylic acids is 1. The molecule has 5 rings (SSSR count). The third-order valence-corrected chi connectivity index (χ3v) is 5.83. The summed E-state index contributed by atoms with van der Waals surface area (Å²) in [5.41, 5.74) is 2.25. The number of fused-ring (bicyclic) bond motifs is 1. The Balaban J connectivity index is 1.19. The third-order valence-electron chi connectivity index (χ3n) is 4.86. The van der Waals surface area contributed by atoms with Gasteiger partial charge in [-0.25, -0.2) is 19.7 Å². The van der Waals surface area contributed by atoms with E-state index in [0.717, 1.165) is 39.5 Å². The zero-order chi connectivity index (χ0) is 22.5. The second-order valence-electron chi connectivity index (χ2n) is 7.17. The minimum Gasteiger partial charge on any atom is -0.438 e. The van der Waals surface area contributed by atoms with E-state index >= 15 is 0 Å². The Labute approximate surface area is 193 Å². The molecule has 0 unspecified atom stereocenters. The van der Waals surface area contributed by atoms with E-state index in [0.29, 0.717) is 17.4 Å². The van der Waals surface area contributed by atoms with Crippen molar-refractivity contribution in [1.29, 1.82) is 0 Å². The minimum atomic E-state index is -0.321. The van der Waals surface area contributed by atoms with Crippen LogP contribution >= 0.6 is 11.3 Å². The monoisotopic (exact) mass is 456 g/mol. The summed E-state index contributed by atoms with van der Waals surface area (Å²) in [5.74, 6) is 1.47. The van der Waals surface area contributed by atoms with Crippen molar-refractivity contribution >= 4 is 45.1 Å². The molecule has 0 aliphatic rings. The normalized spacial score (nSPS) is 10.8. The molecule has 0 saturated heterocycles. The van der Waals surface area contributed by atoms with Crippen molar-refractivity contribution in [2.75, 3.05) is 22.5 Å². The van der Waals surface area contributed by atoms with Crippen molar-refractivity contribution in [1.82, 2.24) is 15.0 Å². The number of anilines is 3. The number of hydrogen-bond acceptors (Lipinski definition) is 7. The first-order chi connectivity index (χ1) is 16.2. The second kappa shape index (κ2) is 9.49. The summed E-state index contributed by atoms with van der Waals surface area (Å²) in [6, 6.07) is 20.8. The number of benzene rings is 2. The summed E-state index contributed by atoms with van der Waals surface area (Å²) in [6.45, 7) is 0.649. The fraction of sp³-hybridized carbons (Fsp3) is 0.0833. The van der Waals surface area contributed by atoms with Crippen molar-refractivity contribution in [2.24, 2.45) is 0 Å².